The van der Waals surface area contributed by atoms with Crippen LogP contribution < -0.4 is 5.32 Å². The summed E-state index contributed by atoms with van der Waals surface area (Å²) in [5.41, 5.74) is 2.35. The van der Waals surface area contributed by atoms with Gasteiger partial charge in [0.1, 0.15) is 12.9 Å². The van der Waals surface area contributed by atoms with Crippen molar-refractivity contribution in [3.8, 4) is 0 Å². The molecule has 0 spiro atoms. The van der Waals surface area contributed by atoms with Gasteiger partial charge in [0.15, 0.2) is 11.5 Å². The monoisotopic (exact) mass is 355 g/mol. The Kier molecular flexibility index (Phi) is 4.26. The number of alkyl halides is 2. The lowest BCUT2D eigenvalue weighted by Gasteiger charge is -2.02. The Morgan fingerprint density at radius 2 is 1.96 bits per heavy atom. The molecule has 0 saturated carbocycles. The van der Waals surface area contributed by atoms with Crippen LogP contribution in [-0.4, -0.2) is 36.0 Å². The Balaban J connectivity index is 1.64. The molecule has 3 heterocycles. The minimum atomic E-state index is -2.46. The molecule has 0 bridgehead atoms. The van der Waals surface area contributed by atoms with E-state index in [2.05, 4.69) is 25.5 Å². The maximum absolute atomic E-state index is 12.5. The highest BCUT2D eigenvalue weighted by Crippen LogP contribution is 2.24. The second-order valence-corrected chi connectivity index (χ2v) is 5.72. The summed E-state index contributed by atoms with van der Waals surface area (Å²) >= 11 is 0. The van der Waals surface area contributed by atoms with Crippen molar-refractivity contribution in [2.45, 2.75) is 19.5 Å². The van der Waals surface area contributed by atoms with E-state index in [4.69, 9.17) is 0 Å². The summed E-state index contributed by atoms with van der Waals surface area (Å²) in [5, 5.41) is 12.3. The number of fused-ring (bicyclic) bond motifs is 1. The molecule has 3 aromatic heterocycles. The van der Waals surface area contributed by atoms with Crippen LogP contribution in [0.25, 0.3) is 11.0 Å². The average molecular weight is 355 g/mol. The topological polar surface area (TPSA) is 73.5 Å². The highest BCUT2D eigenvalue weighted by Gasteiger charge is 2.13. The summed E-state index contributed by atoms with van der Waals surface area (Å²) in [6.45, 7) is 0.106. The number of nitrogens with one attached hydrogen (secondary N) is 1. The number of aromatic nitrogens is 6. The van der Waals surface area contributed by atoms with Crippen LogP contribution >= 0.6 is 0 Å². The minimum Gasteiger partial charge on any atom is -0.336 e. The molecule has 0 saturated heterocycles. The highest BCUT2D eigenvalue weighted by atomic mass is 19.3. The molecule has 26 heavy (non-hydrogen) atoms. The molecule has 0 atom stereocenters. The van der Waals surface area contributed by atoms with E-state index in [0.29, 0.717) is 23.7 Å². The second-order valence-electron chi connectivity index (χ2n) is 5.72. The molecule has 0 aliphatic carbocycles. The summed E-state index contributed by atoms with van der Waals surface area (Å²) in [6.07, 6.45) is 3.67. The lowest BCUT2D eigenvalue weighted by molar-refractivity contribution is 0.122. The molecule has 1 N–H and O–H groups in total. The summed E-state index contributed by atoms with van der Waals surface area (Å²) in [6, 6.07) is 9.91. The zero-order valence-electron chi connectivity index (χ0n) is 13.6. The Labute approximate surface area is 147 Å². The average Bonchev–Trinajstić information content (AvgIpc) is 3.21. The number of hydrogen-bond donors (Lipinski definition) is 1. The molecule has 0 aliphatic rings. The van der Waals surface area contributed by atoms with E-state index in [1.807, 2.05) is 30.3 Å². The molecule has 4 aromatic rings. The van der Waals surface area contributed by atoms with E-state index in [-0.39, 0.29) is 0 Å². The van der Waals surface area contributed by atoms with Gasteiger partial charge in [-0.05, 0) is 5.56 Å². The van der Waals surface area contributed by atoms with Gasteiger partial charge in [0, 0.05) is 12.4 Å². The normalized spacial score (nSPS) is 11.3. The Bertz CT molecular complexity index is 1010. The van der Waals surface area contributed by atoms with Crippen LogP contribution in [0.15, 0.2) is 55.2 Å². The summed E-state index contributed by atoms with van der Waals surface area (Å²) < 4.78 is 27.9. The van der Waals surface area contributed by atoms with Crippen LogP contribution in [0.3, 0.4) is 0 Å². The van der Waals surface area contributed by atoms with E-state index in [0.717, 1.165) is 10.9 Å². The highest BCUT2D eigenvalue weighted by molar-refractivity contribution is 5.88. The fraction of sp³-hybridized carbons (Fsp3) is 0.176. The molecule has 4 rings (SSSR count). The van der Waals surface area contributed by atoms with Gasteiger partial charge in [-0.25, -0.2) is 23.4 Å². The van der Waals surface area contributed by atoms with Gasteiger partial charge >= 0.3 is 0 Å². The number of nitrogens with zero attached hydrogens (tertiary/aromatic N) is 6. The first-order chi connectivity index (χ1) is 12.7. The molecule has 0 aliphatic heterocycles. The van der Waals surface area contributed by atoms with Crippen LogP contribution in [0.2, 0.25) is 0 Å². The fourth-order valence-corrected chi connectivity index (χ4v) is 2.68. The third kappa shape index (κ3) is 3.37. The van der Waals surface area contributed by atoms with Crippen molar-refractivity contribution in [3.63, 3.8) is 0 Å². The van der Waals surface area contributed by atoms with Gasteiger partial charge in [-0.2, -0.15) is 10.2 Å². The van der Waals surface area contributed by atoms with Crippen molar-refractivity contribution in [1.29, 1.82) is 0 Å². The van der Waals surface area contributed by atoms with Crippen molar-refractivity contribution >= 4 is 22.5 Å². The Morgan fingerprint density at radius 3 is 2.77 bits per heavy atom. The molecule has 9 heteroatoms. The molecule has 132 valence electrons. The van der Waals surface area contributed by atoms with Crippen molar-refractivity contribution in [3.05, 3.63) is 60.8 Å². The van der Waals surface area contributed by atoms with Crippen LogP contribution in [0.4, 0.5) is 20.3 Å². The molecule has 0 radical (unpaired) electrons. The van der Waals surface area contributed by atoms with Crippen LogP contribution in [0.1, 0.15) is 5.56 Å². The molecule has 0 unspecified atom stereocenters. The molecule has 7 nitrogen and oxygen atoms in total. The number of halogens is 2. The van der Waals surface area contributed by atoms with Gasteiger partial charge < -0.3 is 5.32 Å². The van der Waals surface area contributed by atoms with Gasteiger partial charge in [-0.1, -0.05) is 30.3 Å². The first kappa shape index (κ1) is 16.1. The first-order valence-electron chi connectivity index (χ1n) is 7.97. The lowest BCUT2D eigenvalue weighted by atomic mass is 10.2. The van der Waals surface area contributed by atoms with E-state index in [1.165, 1.54) is 23.4 Å². The largest absolute Gasteiger partial charge is 0.336 e. The third-order valence-corrected chi connectivity index (χ3v) is 3.81. The summed E-state index contributed by atoms with van der Waals surface area (Å²) in [5.74, 6) is 0.549. The minimum absolute atomic E-state index is 0.450. The van der Waals surface area contributed by atoms with Crippen molar-refractivity contribution in [2.75, 3.05) is 5.32 Å². The summed E-state index contributed by atoms with van der Waals surface area (Å²) in [7, 11) is 0. The predicted molar refractivity (Wildman–Crippen MR) is 92.4 cm³/mol. The molecule has 0 fully saturated rings. The zero-order valence-corrected chi connectivity index (χ0v) is 13.6. The van der Waals surface area contributed by atoms with E-state index in [1.54, 1.807) is 10.9 Å². The maximum Gasteiger partial charge on any atom is 0.257 e. The number of benzene rings is 1. The third-order valence-electron chi connectivity index (χ3n) is 3.81. The van der Waals surface area contributed by atoms with Gasteiger partial charge in [-0.15, -0.1) is 0 Å². The number of hydrogen-bond acceptors (Lipinski definition) is 5. The summed E-state index contributed by atoms with van der Waals surface area (Å²) in [4.78, 5) is 8.37. The van der Waals surface area contributed by atoms with Crippen molar-refractivity contribution < 1.29 is 8.78 Å². The first-order valence-corrected chi connectivity index (χ1v) is 7.97. The molecule has 1 aromatic carbocycles. The van der Waals surface area contributed by atoms with E-state index in [9.17, 15) is 8.78 Å². The fourth-order valence-electron chi connectivity index (χ4n) is 2.68. The lowest BCUT2D eigenvalue weighted by Crippen LogP contribution is -2.06. The predicted octanol–water partition coefficient (Wildman–Crippen LogP) is 3.08. The van der Waals surface area contributed by atoms with E-state index < -0.39 is 13.0 Å². The van der Waals surface area contributed by atoms with Gasteiger partial charge in [-0.3, -0.25) is 4.68 Å². The van der Waals surface area contributed by atoms with Crippen LogP contribution in [0.5, 0.6) is 0 Å². The SMILES string of the molecule is FC(F)Cn1cc(Nc2nn(Cc3ccccc3)c3ncncc23)cn1. The Hall–Kier alpha value is -3.36. The second kappa shape index (κ2) is 6.87. The zero-order chi connectivity index (χ0) is 17.9. The van der Waals surface area contributed by atoms with Gasteiger partial charge in [0.25, 0.3) is 6.43 Å². The number of rotatable bonds is 6. The Morgan fingerprint density at radius 1 is 1.12 bits per heavy atom. The van der Waals surface area contributed by atoms with E-state index >= 15 is 0 Å². The number of anilines is 2. The standard InChI is InChI=1S/C17H15F2N7/c18-15(19)10-25-9-13(6-22-25)23-16-14-7-20-11-21-17(14)26(24-16)8-12-4-2-1-3-5-12/h1-7,9,11,15H,8,10H2,(H,23,24). The smallest absolute Gasteiger partial charge is 0.257 e. The van der Waals surface area contributed by atoms with Crippen molar-refractivity contribution in [1.82, 2.24) is 29.5 Å². The molecule has 0 amide bonds. The van der Waals surface area contributed by atoms with Crippen LogP contribution in [-0.2, 0) is 13.1 Å². The van der Waals surface area contributed by atoms with Crippen molar-refractivity contribution in [2.24, 2.45) is 0 Å². The quantitative estimate of drug-likeness (QED) is 0.575. The molecular formula is C17H15F2N7. The van der Waals surface area contributed by atoms with Crippen LogP contribution in [0, 0.1) is 0 Å². The molecular weight excluding hydrogens is 340 g/mol. The maximum atomic E-state index is 12.5. The van der Waals surface area contributed by atoms with Gasteiger partial charge in [0.2, 0.25) is 0 Å². The van der Waals surface area contributed by atoms with Gasteiger partial charge in [0.05, 0.1) is 23.8 Å².